The molecule has 0 aliphatic heterocycles. The number of carbonyl (C=O) groups is 2. The summed E-state index contributed by atoms with van der Waals surface area (Å²) in [6.45, 7) is 4.53. The first-order valence-corrected chi connectivity index (χ1v) is 7.73. The lowest BCUT2D eigenvalue weighted by molar-refractivity contribution is -0.116. The standard InChI is InChI=1S/C14H18O4S/c1-4-5-14(16)12-6-8-13(9-7-12)19(17,18)11(3)10(2)15/h6-9,11H,4-5H2,1-3H3. The summed E-state index contributed by atoms with van der Waals surface area (Å²) < 4.78 is 24.1. The molecule has 0 saturated heterocycles. The molecule has 0 aromatic heterocycles. The van der Waals surface area contributed by atoms with Crippen LogP contribution in [0.25, 0.3) is 0 Å². The van der Waals surface area contributed by atoms with E-state index in [-0.39, 0.29) is 10.7 Å². The maximum absolute atomic E-state index is 12.1. The molecule has 0 heterocycles. The topological polar surface area (TPSA) is 68.3 Å². The zero-order valence-electron chi connectivity index (χ0n) is 11.3. The van der Waals surface area contributed by atoms with Gasteiger partial charge in [-0.05, 0) is 32.4 Å². The number of hydrogen-bond acceptors (Lipinski definition) is 4. The molecule has 0 radical (unpaired) electrons. The molecule has 1 rings (SSSR count). The summed E-state index contributed by atoms with van der Waals surface area (Å²) in [7, 11) is -3.65. The molecule has 19 heavy (non-hydrogen) atoms. The predicted octanol–water partition coefficient (Wildman–Crippen LogP) is 2.42. The number of rotatable bonds is 6. The highest BCUT2D eigenvalue weighted by Gasteiger charge is 2.26. The Labute approximate surface area is 113 Å². The third-order valence-corrected chi connectivity index (χ3v) is 5.21. The van der Waals surface area contributed by atoms with Crippen LogP contribution in [0.1, 0.15) is 44.0 Å². The number of carbonyl (C=O) groups excluding carboxylic acids is 2. The lowest BCUT2D eigenvalue weighted by Crippen LogP contribution is -2.25. The van der Waals surface area contributed by atoms with Crippen molar-refractivity contribution in [3.63, 3.8) is 0 Å². The van der Waals surface area contributed by atoms with Crippen molar-refractivity contribution < 1.29 is 18.0 Å². The molecule has 0 saturated carbocycles. The van der Waals surface area contributed by atoms with Gasteiger partial charge in [-0.15, -0.1) is 0 Å². The first-order chi connectivity index (χ1) is 8.80. The van der Waals surface area contributed by atoms with Crippen LogP contribution in [-0.2, 0) is 14.6 Å². The Morgan fingerprint density at radius 3 is 2.11 bits per heavy atom. The van der Waals surface area contributed by atoms with E-state index in [0.717, 1.165) is 6.42 Å². The second kappa shape index (κ2) is 6.10. The van der Waals surface area contributed by atoms with Crippen LogP contribution in [0.5, 0.6) is 0 Å². The fourth-order valence-corrected chi connectivity index (χ4v) is 2.99. The van der Waals surface area contributed by atoms with Gasteiger partial charge in [0.2, 0.25) is 0 Å². The molecule has 0 aliphatic rings. The minimum atomic E-state index is -3.65. The van der Waals surface area contributed by atoms with Gasteiger partial charge in [-0.3, -0.25) is 9.59 Å². The Morgan fingerprint density at radius 1 is 1.16 bits per heavy atom. The minimum Gasteiger partial charge on any atom is -0.299 e. The van der Waals surface area contributed by atoms with E-state index in [0.29, 0.717) is 12.0 Å². The Hall–Kier alpha value is -1.49. The Morgan fingerprint density at radius 2 is 1.68 bits per heavy atom. The van der Waals surface area contributed by atoms with Crippen LogP contribution in [0, 0.1) is 0 Å². The monoisotopic (exact) mass is 282 g/mol. The zero-order valence-corrected chi connectivity index (χ0v) is 12.2. The second-order valence-electron chi connectivity index (χ2n) is 4.50. The van der Waals surface area contributed by atoms with Gasteiger partial charge in [0.15, 0.2) is 15.6 Å². The van der Waals surface area contributed by atoms with Crippen molar-refractivity contribution in [1.82, 2.24) is 0 Å². The molecule has 1 aromatic carbocycles. The first kappa shape index (κ1) is 15.6. The van der Waals surface area contributed by atoms with Crippen LogP contribution < -0.4 is 0 Å². The van der Waals surface area contributed by atoms with Crippen LogP contribution in [-0.4, -0.2) is 25.2 Å². The number of hydrogen-bond donors (Lipinski definition) is 0. The molecule has 104 valence electrons. The van der Waals surface area contributed by atoms with E-state index in [2.05, 4.69) is 0 Å². The van der Waals surface area contributed by atoms with Crippen molar-refractivity contribution in [3.05, 3.63) is 29.8 Å². The molecule has 1 aromatic rings. The third-order valence-electron chi connectivity index (χ3n) is 3.02. The van der Waals surface area contributed by atoms with Crippen LogP contribution >= 0.6 is 0 Å². The molecule has 4 nitrogen and oxygen atoms in total. The van der Waals surface area contributed by atoms with Crippen LogP contribution in [0.15, 0.2) is 29.2 Å². The van der Waals surface area contributed by atoms with E-state index in [4.69, 9.17) is 0 Å². The number of benzene rings is 1. The van der Waals surface area contributed by atoms with Gasteiger partial charge in [0.05, 0.1) is 4.90 Å². The summed E-state index contributed by atoms with van der Waals surface area (Å²) >= 11 is 0. The van der Waals surface area contributed by atoms with Gasteiger partial charge in [0.25, 0.3) is 0 Å². The highest BCUT2D eigenvalue weighted by Crippen LogP contribution is 2.18. The summed E-state index contributed by atoms with van der Waals surface area (Å²) in [5, 5.41) is -1.07. The smallest absolute Gasteiger partial charge is 0.188 e. The number of ketones is 2. The van der Waals surface area contributed by atoms with E-state index in [1.54, 1.807) is 0 Å². The van der Waals surface area contributed by atoms with Crippen LogP contribution in [0.4, 0.5) is 0 Å². The summed E-state index contributed by atoms with van der Waals surface area (Å²) in [6, 6.07) is 5.77. The fraction of sp³-hybridized carbons (Fsp3) is 0.429. The molecule has 0 bridgehead atoms. The van der Waals surface area contributed by atoms with Crippen molar-refractivity contribution in [2.45, 2.75) is 43.8 Å². The molecular weight excluding hydrogens is 264 g/mol. The Balaban J connectivity index is 3.06. The molecule has 0 fully saturated rings. The van der Waals surface area contributed by atoms with Crippen molar-refractivity contribution in [2.75, 3.05) is 0 Å². The molecule has 0 spiro atoms. The van der Waals surface area contributed by atoms with Crippen molar-refractivity contribution in [2.24, 2.45) is 0 Å². The first-order valence-electron chi connectivity index (χ1n) is 6.18. The highest BCUT2D eigenvalue weighted by atomic mass is 32.2. The van der Waals surface area contributed by atoms with Crippen LogP contribution in [0.2, 0.25) is 0 Å². The van der Waals surface area contributed by atoms with Gasteiger partial charge in [-0.25, -0.2) is 8.42 Å². The lowest BCUT2D eigenvalue weighted by Gasteiger charge is -2.10. The number of sulfone groups is 1. The predicted molar refractivity (Wildman–Crippen MR) is 73.0 cm³/mol. The van der Waals surface area contributed by atoms with E-state index in [9.17, 15) is 18.0 Å². The summed E-state index contributed by atoms with van der Waals surface area (Å²) in [5.74, 6) is -0.405. The largest absolute Gasteiger partial charge is 0.299 e. The maximum atomic E-state index is 12.1. The summed E-state index contributed by atoms with van der Waals surface area (Å²) in [5.41, 5.74) is 0.497. The van der Waals surface area contributed by atoms with Gasteiger partial charge in [0, 0.05) is 12.0 Å². The van der Waals surface area contributed by atoms with Crippen LogP contribution in [0.3, 0.4) is 0 Å². The summed E-state index contributed by atoms with van der Waals surface area (Å²) in [6.07, 6.45) is 1.19. The van der Waals surface area contributed by atoms with Crippen molar-refractivity contribution >= 4 is 21.4 Å². The molecule has 1 unspecified atom stereocenters. The Kier molecular flexibility index (Phi) is 5.00. The van der Waals surface area contributed by atoms with E-state index < -0.39 is 20.9 Å². The molecule has 0 amide bonds. The molecule has 5 heteroatoms. The van der Waals surface area contributed by atoms with Crippen molar-refractivity contribution in [1.29, 1.82) is 0 Å². The highest BCUT2D eigenvalue weighted by molar-refractivity contribution is 7.92. The van der Waals surface area contributed by atoms with Gasteiger partial charge in [-0.2, -0.15) is 0 Å². The van der Waals surface area contributed by atoms with Crippen molar-refractivity contribution in [3.8, 4) is 0 Å². The minimum absolute atomic E-state index is 0.00827. The summed E-state index contributed by atoms with van der Waals surface area (Å²) in [4.78, 5) is 22.9. The van der Waals surface area contributed by atoms with E-state index >= 15 is 0 Å². The van der Waals surface area contributed by atoms with Gasteiger partial charge in [-0.1, -0.05) is 19.1 Å². The molecule has 0 N–H and O–H groups in total. The molecule has 0 aliphatic carbocycles. The quantitative estimate of drug-likeness (QED) is 0.751. The average molecular weight is 282 g/mol. The van der Waals surface area contributed by atoms with E-state index in [1.807, 2.05) is 6.92 Å². The second-order valence-corrected chi connectivity index (χ2v) is 6.76. The molecule has 1 atom stereocenters. The average Bonchev–Trinajstić information content (AvgIpc) is 2.38. The third kappa shape index (κ3) is 3.50. The normalized spacial score (nSPS) is 13.0. The zero-order chi connectivity index (χ0) is 14.6. The van der Waals surface area contributed by atoms with Gasteiger partial charge in [0.1, 0.15) is 11.0 Å². The lowest BCUT2D eigenvalue weighted by atomic mass is 10.1. The van der Waals surface area contributed by atoms with E-state index in [1.165, 1.54) is 38.1 Å². The van der Waals surface area contributed by atoms with Gasteiger partial charge < -0.3 is 0 Å². The maximum Gasteiger partial charge on any atom is 0.188 e. The molecular formula is C14H18O4S. The Bertz CT molecular complexity index is 570. The van der Waals surface area contributed by atoms with Gasteiger partial charge >= 0.3 is 0 Å². The fourth-order valence-electron chi connectivity index (χ4n) is 1.62. The number of Topliss-reactive ketones (excluding diaryl/α,β-unsaturated/α-hetero) is 2. The SMILES string of the molecule is CCCC(=O)c1ccc(S(=O)(=O)C(C)C(C)=O)cc1.